The lowest BCUT2D eigenvalue weighted by Crippen LogP contribution is -2.40. The number of benzene rings is 1. The molecule has 2 rings (SSSR count). The second-order valence-electron chi connectivity index (χ2n) is 5.33. The normalized spacial score (nSPS) is 23.8. The Morgan fingerprint density at radius 2 is 1.94 bits per heavy atom. The van der Waals surface area contributed by atoms with E-state index < -0.39 is 0 Å². The lowest BCUT2D eigenvalue weighted by molar-refractivity contribution is -0.133. The molecule has 0 aromatic heterocycles. The van der Waals surface area contributed by atoms with E-state index in [0.29, 0.717) is 0 Å². The van der Waals surface area contributed by atoms with E-state index in [1.807, 2.05) is 30.0 Å². The zero-order valence-corrected chi connectivity index (χ0v) is 10.2. The molecule has 1 aliphatic rings. The minimum atomic E-state index is -0.00760. The first-order chi connectivity index (χ1) is 7.50. The molecule has 1 aliphatic heterocycles. The maximum Gasteiger partial charge on any atom is 0.226 e. The van der Waals surface area contributed by atoms with Gasteiger partial charge in [0.05, 0.1) is 0 Å². The summed E-state index contributed by atoms with van der Waals surface area (Å²) in [5.41, 5.74) is 1.20. The number of carbonyl (C=O) groups excluding carboxylic acids is 1. The molecule has 1 saturated heterocycles. The van der Waals surface area contributed by atoms with E-state index in [-0.39, 0.29) is 17.4 Å². The van der Waals surface area contributed by atoms with Gasteiger partial charge in [-0.05, 0) is 25.8 Å². The molecule has 2 heteroatoms. The van der Waals surface area contributed by atoms with Crippen molar-refractivity contribution in [2.75, 3.05) is 0 Å². The largest absolute Gasteiger partial charge is 0.333 e. The van der Waals surface area contributed by atoms with Gasteiger partial charge in [0.1, 0.15) is 0 Å². The Morgan fingerprint density at radius 1 is 1.31 bits per heavy atom. The zero-order chi connectivity index (χ0) is 11.8. The second kappa shape index (κ2) is 3.93. The number of rotatable bonds is 2. The van der Waals surface area contributed by atoms with Crippen LogP contribution in [0.4, 0.5) is 0 Å². The average Bonchev–Trinajstić information content (AvgIpc) is 2.42. The molecule has 0 spiro atoms. The van der Waals surface area contributed by atoms with Crippen molar-refractivity contribution in [2.45, 2.75) is 39.3 Å². The van der Waals surface area contributed by atoms with Crippen molar-refractivity contribution in [2.24, 2.45) is 5.92 Å². The highest BCUT2D eigenvalue weighted by Gasteiger charge is 2.42. The highest BCUT2D eigenvalue weighted by atomic mass is 16.2. The van der Waals surface area contributed by atoms with Gasteiger partial charge in [-0.3, -0.25) is 4.79 Å². The summed E-state index contributed by atoms with van der Waals surface area (Å²) in [6, 6.07) is 10.2. The first-order valence-corrected chi connectivity index (χ1v) is 5.86. The fraction of sp³-hybridized carbons (Fsp3) is 0.500. The van der Waals surface area contributed by atoms with Crippen molar-refractivity contribution in [3.8, 4) is 0 Å². The van der Waals surface area contributed by atoms with Crippen molar-refractivity contribution in [1.29, 1.82) is 0 Å². The number of amides is 1. The van der Waals surface area contributed by atoms with Gasteiger partial charge < -0.3 is 4.90 Å². The number of hydrogen-bond acceptors (Lipinski definition) is 1. The number of likely N-dealkylation sites (tertiary alicyclic amines) is 1. The molecule has 2 nitrogen and oxygen atoms in total. The molecule has 1 aromatic rings. The number of carbonyl (C=O) groups is 1. The Kier molecular flexibility index (Phi) is 2.75. The van der Waals surface area contributed by atoms with E-state index in [1.165, 1.54) is 5.56 Å². The van der Waals surface area contributed by atoms with Gasteiger partial charge in [-0.25, -0.2) is 0 Å². The second-order valence-corrected chi connectivity index (χ2v) is 5.33. The molecule has 1 amide bonds. The van der Waals surface area contributed by atoms with Crippen molar-refractivity contribution >= 4 is 5.91 Å². The van der Waals surface area contributed by atoms with Gasteiger partial charge in [-0.1, -0.05) is 37.3 Å². The predicted octanol–water partition coefficient (Wildman–Crippen LogP) is 2.83. The first kappa shape index (κ1) is 11.2. The van der Waals surface area contributed by atoms with E-state index in [2.05, 4.69) is 26.0 Å². The Morgan fingerprint density at radius 3 is 2.44 bits per heavy atom. The summed E-state index contributed by atoms with van der Waals surface area (Å²) in [6.07, 6.45) is 0.957. The third-order valence-corrected chi connectivity index (χ3v) is 3.41. The van der Waals surface area contributed by atoms with Crippen LogP contribution in [0.2, 0.25) is 0 Å². The SMILES string of the molecule is CC1CC(C)(C)N(Cc2ccccc2)C1=O. The van der Waals surface area contributed by atoms with Crippen molar-refractivity contribution in [3.63, 3.8) is 0 Å². The molecule has 86 valence electrons. The number of nitrogens with zero attached hydrogens (tertiary/aromatic N) is 1. The molecule has 0 radical (unpaired) electrons. The molecule has 0 N–H and O–H groups in total. The van der Waals surface area contributed by atoms with E-state index in [4.69, 9.17) is 0 Å². The fourth-order valence-electron chi connectivity index (χ4n) is 2.57. The molecule has 16 heavy (non-hydrogen) atoms. The average molecular weight is 217 g/mol. The molecule has 1 atom stereocenters. The maximum atomic E-state index is 12.1. The first-order valence-electron chi connectivity index (χ1n) is 5.86. The van der Waals surface area contributed by atoms with E-state index in [9.17, 15) is 4.79 Å². The van der Waals surface area contributed by atoms with Crippen LogP contribution in [0.1, 0.15) is 32.8 Å². The topological polar surface area (TPSA) is 20.3 Å². The minimum Gasteiger partial charge on any atom is -0.333 e. The van der Waals surface area contributed by atoms with Gasteiger partial charge in [-0.15, -0.1) is 0 Å². The lowest BCUT2D eigenvalue weighted by Gasteiger charge is -2.31. The highest BCUT2D eigenvalue weighted by Crippen LogP contribution is 2.34. The molecular formula is C14H19NO. The van der Waals surface area contributed by atoms with Crippen molar-refractivity contribution in [1.82, 2.24) is 4.90 Å². The van der Waals surface area contributed by atoms with Crippen LogP contribution < -0.4 is 0 Å². The van der Waals surface area contributed by atoms with E-state index in [1.54, 1.807) is 0 Å². The summed E-state index contributed by atoms with van der Waals surface area (Å²) >= 11 is 0. The fourth-order valence-corrected chi connectivity index (χ4v) is 2.57. The van der Waals surface area contributed by atoms with Crippen LogP contribution in [-0.2, 0) is 11.3 Å². The monoisotopic (exact) mass is 217 g/mol. The van der Waals surface area contributed by atoms with Crippen LogP contribution in [0.5, 0.6) is 0 Å². The van der Waals surface area contributed by atoms with Gasteiger partial charge in [0.2, 0.25) is 5.91 Å². The van der Waals surface area contributed by atoms with Crippen LogP contribution in [0.25, 0.3) is 0 Å². The molecule has 0 bridgehead atoms. The van der Waals surface area contributed by atoms with Crippen molar-refractivity contribution < 1.29 is 4.79 Å². The standard InChI is InChI=1S/C14H19NO/c1-11-9-14(2,3)15(13(11)16)10-12-7-5-4-6-8-12/h4-8,11H,9-10H2,1-3H3. The Hall–Kier alpha value is -1.31. The van der Waals surface area contributed by atoms with E-state index >= 15 is 0 Å². The van der Waals surface area contributed by atoms with Gasteiger partial charge in [0.25, 0.3) is 0 Å². The minimum absolute atomic E-state index is 0.00760. The van der Waals surface area contributed by atoms with Crippen LogP contribution in [0.15, 0.2) is 30.3 Å². The number of hydrogen-bond donors (Lipinski definition) is 0. The smallest absolute Gasteiger partial charge is 0.226 e. The molecule has 1 heterocycles. The molecule has 0 aliphatic carbocycles. The molecule has 1 fully saturated rings. The van der Waals surface area contributed by atoms with Gasteiger partial charge in [0.15, 0.2) is 0 Å². The third kappa shape index (κ3) is 1.97. The van der Waals surface area contributed by atoms with Crippen LogP contribution in [0, 0.1) is 5.92 Å². The van der Waals surface area contributed by atoms with E-state index in [0.717, 1.165) is 13.0 Å². The summed E-state index contributed by atoms with van der Waals surface area (Å²) in [4.78, 5) is 14.1. The molecule has 0 saturated carbocycles. The maximum absolute atomic E-state index is 12.1. The van der Waals surface area contributed by atoms with Crippen LogP contribution in [-0.4, -0.2) is 16.3 Å². The van der Waals surface area contributed by atoms with Gasteiger partial charge >= 0.3 is 0 Å². The summed E-state index contributed by atoms with van der Waals surface area (Å²) in [6.45, 7) is 7.06. The zero-order valence-electron chi connectivity index (χ0n) is 10.2. The Bertz CT molecular complexity index is 383. The van der Waals surface area contributed by atoms with Crippen LogP contribution in [0.3, 0.4) is 0 Å². The predicted molar refractivity (Wildman–Crippen MR) is 64.9 cm³/mol. The lowest BCUT2D eigenvalue weighted by atomic mass is 9.97. The summed E-state index contributed by atoms with van der Waals surface area (Å²) in [7, 11) is 0. The highest BCUT2D eigenvalue weighted by molar-refractivity contribution is 5.81. The summed E-state index contributed by atoms with van der Waals surface area (Å²) in [5, 5.41) is 0. The summed E-state index contributed by atoms with van der Waals surface area (Å²) in [5.74, 6) is 0.451. The summed E-state index contributed by atoms with van der Waals surface area (Å²) < 4.78 is 0. The van der Waals surface area contributed by atoms with Crippen molar-refractivity contribution in [3.05, 3.63) is 35.9 Å². The quantitative estimate of drug-likeness (QED) is 0.746. The Labute approximate surface area is 97.3 Å². The van der Waals surface area contributed by atoms with Gasteiger partial charge in [0, 0.05) is 18.0 Å². The van der Waals surface area contributed by atoms with Crippen LogP contribution >= 0.6 is 0 Å². The van der Waals surface area contributed by atoms with Gasteiger partial charge in [-0.2, -0.15) is 0 Å². The Balaban J connectivity index is 2.18. The molecule has 1 unspecified atom stereocenters. The molecular weight excluding hydrogens is 198 g/mol. The third-order valence-electron chi connectivity index (χ3n) is 3.41. The molecule has 1 aromatic carbocycles.